The highest BCUT2D eigenvalue weighted by Gasteiger charge is 2.32. The molecule has 1 aliphatic heterocycles. The van der Waals surface area contributed by atoms with Gasteiger partial charge >= 0.3 is 0 Å². The summed E-state index contributed by atoms with van der Waals surface area (Å²) in [5.41, 5.74) is 1.05. The lowest BCUT2D eigenvalue weighted by atomic mass is 10.0. The molecule has 4 rings (SSSR count). The number of nitrogens with one attached hydrogen (secondary N) is 1. The van der Waals surface area contributed by atoms with E-state index >= 15 is 0 Å². The van der Waals surface area contributed by atoms with Gasteiger partial charge in [0.05, 0.1) is 27.7 Å². The number of thiazole rings is 1. The van der Waals surface area contributed by atoms with Crippen LogP contribution in [0.4, 0.5) is 5.13 Å². The number of carbonyl (C=O) groups excluding carboxylic acids is 2. The zero-order chi connectivity index (χ0) is 21.5. The molecule has 1 aromatic heterocycles. The summed E-state index contributed by atoms with van der Waals surface area (Å²) in [4.78, 5) is 29.6. The number of aryl methyl sites for hydroxylation is 1. The third-order valence-corrected chi connectivity index (χ3v) is 8.03. The number of rotatable bonds is 4. The van der Waals surface area contributed by atoms with E-state index in [-0.39, 0.29) is 22.9 Å². The molecule has 2 atom stereocenters. The van der Waals surface area contributed by atoms with Gasteiger partial charge in [-0.2, -0.15) is 4.31 Å². The van der Waals surface area contributed by atoms with Crippen LogP contribution in [-0.4, -0.2) is 54.7 Å². The maximum atomic E-state index is 12.9. The van der Waals surface area contributed by atoms with E-state index < -0.39 is 15.9 Å². The van der Waals surface area contributed by atoms with E-state index in [1.165, 1.54) is 39.9 Å². The fourth-order valence-corrected chi connectivity index (χ4v) is 6.31. The topological polar surface area (TPSA) is 106 Å². The molecule has 2 unspecified atom stereocenters. The minimum atomic E-state index is -3.66. The van der Waals surface area contributed by atoms with Crippen molar-refractivity contribution in [2.75, 3.05) is 18.4 Å². The van der Waals surface area contributed by atoms with Gasteiger partial charge < -0.3 is 4.74 Å². The van der Waals surface area contributed by atoms with E-state index in [1.54, 1.807) is 0 Å². The number of anilines is 1. The number of hydrogen-bond acceptors (Lipinski definition) is 7. The van der Waals surface area contributed by atoms with Crippen LogP contribution in [0.5, 0.6) is 0 Å². The normalized spacial score (nSPS) is 22.5. The van der Waals surface area contributed by atoms with E-state index in [0.29, 0.717) is 35.1 Å². The molecule has 0 radical (unpaired) electrons. The summed E-state index contributed by atoms with van der Waals surface area (Å²) in [5, 5.41) is 3.09. The number of ketones is 1. The molecular formula is C20H23N3O5S2. The molecule has 160 valence electrons. The van der Waals surface area contributed by atoms with Crippen molar-refractivity contribution in [2.24, 2.45) is 0 Å². The summed E-state index contributed by atoms with van der Waals surface area (Å²) in [7, 11) is -3.66. The average molecular weight is 450 g/mol. The summed E-state index contributed by atoms with van der Waals surface area (Å²) >= 11 is 1.19. The molecule has 2 heterocycles. The number of benzene rings is 1. The number of amides is 1. The molecule has 30 heavy (non-hydrogen) atoms. The van der Waals surface area contributed by atoms with E-state index in [0.717, 1.165) is 18.5 Å². The zero-order valence-electron chi connectivity index (χ0n) is 16.8. The van der Waals surface area contributed by atoms with Crippen molar-refractivity contribution < 1.29 is 22.7 Å². The number of aromatic nitrogens is 1. The fraction of sp³-hybridized carbons (Fsp3) is 0.450. The highest BCUT2D eigenvalue weighted by molar-refractivity contribution is 7.89. The van der Waals surface area contributed by atoms with Crippen LogP contribution < -0.4 is 5.32 Å². The number of carbonyl (C=O) groups is 2. The van der Waals surface area contributed by atoms with E-state index in [9.17, 15) is 18.0 Å². The Labute approximate surface area is 179 Å². The highest BCUT2D eigenvalue weighted by atomic mass is 32.2. The number of nitrogens with zero attached hydrogens (tertiary/aromatic N) is 2. The minimum Gasteiger partial charge on any atom is -0.373 e. The third kappa shape index (κ3) is 4.18. The maximum absolute atomic E-state index is 12.9. The van der Waals surface area contributed by atoms with Crippen molar-refractivity contribution in [3.63, 3.8) is 0 Å². The third-order valence-electron chi connectivity index (χ3n) is 5.13. The second-order valence-corrected chi connectivity index (χ2v) is 10.6. The Morgan fingerprint density at radius 2 is 1.83 bits per heavy atom. The molecule has 0 bridgehead atoms. The molecule has 0 spiro atoms. The lowest BCUT2D eigenvalue weighted by Gasteiger charge is -2.34. The first-order chi connectivity index (χ1) is 14.2. The molecule has 1 fully saturated rings. The molecular weight excluding hydrogens is 426 g/mol. The summed E-state index contributed by atoms with van der Waals surface area (Å²) in [6.45, 7) is 4.27. The molecule has 10 heteroatoms. The first kappa shape index (κ1) is 21.1. The Balaban J connectivity index is 1.48. The molecule has 1 amide bonds. The van der Waals surface area contributed by atoms with E-state index in [4.69, 9.17) is 4.74 Å². The van der Waals surface area contributed by atoms with Crippen molar-refractivity contribution in [3.05, 3.63) is 40.4 Å². The number of hydrogen-bond donors (Lipinski definition) is 1. The predicted molar refractivity (Wildman–Crippen MR) is 113 cm³/mol. The summed E-state index contributed by atoms with van der Waals surface area (Å²) in [5.74, 6) is -0.332. The van der Waals surface area contributed by atoms with Crippen molar-refractivity contribution in [1.82, 2.24) is 9.29 Å². The van der Waals surface area contributed by atoms with Crippen LogP contribution >= 0.6 is 11.3 Å². The SMILES string of the molecule is CC1CN(S(=O)(=O)c2ccc(C(=O)Nc3nc4c(s3)C(=O)CCC4)cc2)CC(C)O1. The smallest absolute Gasteiger partial charge is 0.257 e. The zero-order valence-corrected chi connectivity index (χ0v) is 18.4. The number of sulfonamides is 1. The number of Topliss-reactive ketones (excluding diaryl/α,β-unsaturated/α-hetero) is 1. The summed E-state index contributed by atoms with van der Waals surface area (Å²) in [6.07, 6.45) is 1.67. The van der Waals surface area contributed by atoms with Crippen LogP contribution in [0.2, 0.25) is 0 Å². The maximum Gasteiger partial charge on any atom is 0.257 e. The lowest BCUT2D eigenvalue weighted by molar-refractivity contribution is -0.0440. The van der Waals surface area contributed by atoms with Gasteiger partial charge in [-0.25, -0.2) is 13.4 Å². The molecule has 8 nitrogen and oxygen atoms in total. The summed E-state index contributed by atoms with van der Waals surface area (Å²) < 4.78 is 32.9. The molecule has 1 aliphatic carbocycles. The van der Waals surface area contributed by atoms with Gasteiger partial charge in [-0.3, -0.25) is 14.9 Å². The van der Waals surface area contributed by atoms with E-state index in [2.05, 4.69) is 10.3 Å². The fourth-order valence-electron chi connectivity index (χ4n) is 3.75. The van der Waals surface area contributed by atoms with Gasteiger partial charge in [-0.1, -0.05) is 11.3 Å². The van der Waals surface area contributed by atoms with Crippen molar-refractivity contribution in [2.45, 2.75) is 50.2 Å². The molecule has 2 aromatic rings. The standard InChI is InChI=1S/C20H23N3O5S2/c1-12-10-23(11-13(2)28-12)30(26,27)15-8-6-14(7-9-15)19(25)22-20-21-16-4-3-5-17(24)18(16)29-20/h6-9,12-13H,3-5,10-11H2,1-2H3,(H,21,22,25). The van der Waals surface area contributed by atoms with Crippen LogP contribution in [0.1, 0.15) is 52.4 Å². The Hall–Kier alpha value is -2.14. The van der Waals surface area contributed by atoms with Gasteiger partial charge in [0.25, 0.3) is 5.91 Å². The predicted octanol–water partition coefficient (Wildman–Crippen LogP) is 2.71. The minimum absolute atomic E-state index is 0.0653. The Kier molecular flexibility index (Phi) is 5.75. The number of ether oxygens (including phenoxy) is 1. The van der Waals surface area contributed by atoms with Gasteiger partial charge in [0, 0.05) is 25.1 Å². The number of fused-ring (bicyclic) bond motifs is 1. The second-order valence-electron chi connectivity index (χ2n) is 7.63. The van der Waals surface area contributed by atoms with Crippen LogP contribution in [0.15, 0.2) is 29.2 Å². The van der Waals surface area contributed by atoms with Crippen LogP contribution in [0.25, 0.3) is 0 Å². The van der Waals surface area contributed by atoms with Gasteiger partial charge in [-0.05, 0) is 51.0 Å². The highest BCUT2D eigenvalue weighted by Crippen LogP contribution is 2.30. The van der Waals surface area contributed by atoms with Crippen molar-refractivity contribution in [1.29, 1.82) is 0 Å². The van der Waals surface area contributed by atoms with Crippen LogP contribution in [0.3, 0.4) is 0 Å². The molecule has 1 aromatic carbocycles. The second kappa shape index (κ2) is 8.18. The summed E-state index contributed by atoms with van der Waals surface area (Å²) in [6, 6.07) is 5.83. The van der Waals surface area contributed by atoms with E-state index in [1.807, 2.05) is 13.8 Å². The average Bonchev–Trinajstić information content (AvgIpc) is 3.11. The van der Waals surface area contributed by atoms with Crippen LogP contribution in [-0.2, 0) is 21.2 Å². The van der Waals surface area contributed by atoms with Gasteiger partial charge in [0.1, 0.15) is 0 Å². The number of morpholine rings is 1. The molecule has 0 saturated carbocycles. The monoisotopic (exact) mass is 449 g/mol. The molecule has 2 aliphatic rings. The first-order valence-corrected chi connectivity index (χ1v) is 12.1. The Morgan fingerprint density at radius 3 is 2.47 bits per heavy atom. The Bertz CT molecular complexity index is 1070. The van der Waals surface area contributed by atoms with Gasteiger partial charge in [0.15, 0.2) is 10.9 Å². The molecule has 1 N–H and O–H groups in total. The van der Waals surface area contributed by atoms with Gasteiger partial charge in [-0.15, -0.1) is 0 Å². The largest absolute Gasteiger partial charge is 0.373 e. The lowest BCUT2D eigenvalue weighted by Crippen LogP contribution is -2.48. The van der Waals surface area contributed by atoms with Gasteiger partial charge in [0.2, 0.25) is 10.0 Å². The van der Waals surface area contributed by atoms with Crippen molar-refractivity contribution >= 4 is 38.2 Å². The Morgan fingerprint density at radius 1 is 1.17 bits per heavy atom. The quantitative estimate of drug-likeness (QED) is 0.769. The van der Waals surface area contributed by atoms with Crippen LogP contribution in [0, 0.1) is 0 Å². The molecule has 1 saturated heterocycles. The first-order valence-electron chi connectivity index (χ1n) is 9.84. The van der Waals surface area contributed by atoms with Crippen molar-refractivity contribution in [3.8, 4) is 0 Å².